The third kappa shape index (κ3) is 10.8. The molecular formula is C15H27BrO2. The van der Waals surface area contributed by atoms with Crippen molar-refractivity contribution in [3.63, 3.8) is 0 Å². The Balaban J connectivity index is 3.36. The van der Waals surface area contributed by atoms with Gasteiger partial charge in [-0.2, -0.15) is 0 Å². The zero-order chi connectivity index (χ0) is 13.9. The van der Waals surface area contributed by atoms with Gasteiger partial charge in [-0.05, 0) is 32.8 Å². The van der Waals surface area contributed by atoms with Crippen LogP contribution in [0, 0.1) is 0 Å². The maximum absolute atomic E-state index is 11.4. The lowest BCUT2D eigenvalue weighted by Crippen LogP contribution is -2.24. The molecule has 0 amide bonds. The van der Waals surface area contributed by atoms with E-state index in [0.29, 0.717) is 0 Å². The lowest BCUT2D eigenvalue weighted by molar-refractivity contribution is -0.139. The number of rotatable bonds is 10. The fourth-order valence-corrected chi connectivity index (χ4v) is 1.63. The van der Waals surface area contributed by atoms with Crippen molar-refractivity contribution >= 4 is 21.9 Å². The average Bonchev–Trinajstić information content (AvgIpc) is 2.30. The minimum atomic E-state index is -0.601. The van der Waals surface area contributed by atoms with E-state index in [1.807, 2.05) is 6.08 Å². The Hall–Kier alpha value is -0.310. The van der Waals surface area contributed by atoms with E-state index < -0.39 is 4.32 Å². The van der Waals surface area contributed by atoms with Crippen LogP contribution in [0.25, 0.3) is 0 Å². The molecule has 0 aliphatic heterocycles. The monoisotopic (exact) mass is 318 g/mol. The molecule has 0 spiro atoms. The molecule has 18 heavy (non-hydrogen) atoms. The summed E-state index contributed by atoms with van der Waals surface area (Å²) < 4.78 is 4.40. The van der Waals surface area contributed by atoms with Crippen LogP contribution in [0.1, 0.15) is 72.1 Å². The van der Waals surface area contributed by atoms with Crippen LogP contribution in [0.3, 0.4) is 0 Å². The van der Waals surface area contributed by atoms with E-state index in [2.05, 4.69) is 22.9 Å². The summed E-state index contributed by atoms with van der Waals surface area (Å²) in [5, 5.41) is 0. The molecule has 0 aromatic rings. The molecule has 0 saturated carbocycles. The van der Waals surface area contributed by atoms with Crippen LogP contribution in [-0.2, 0) is 9.53 Å². The molecule has 2 nitrogen and oxygen atoms in total. The molecule has 0 heterocycles. The van der Waals surface area contributed by atoms with Gasteiger partial charge in [-0.1, -0.05) is 61.4 Å². The van der Waals surface area contributed by atoms with Crippen molar-refractivity contribution < 1.29 is 9.53 Å². The molecule has 0 bridgehead atoms. The first-order chi connectivity index (χ1) is 8.48. The molecule has 0 rings (SSSR count). The largest absolute Gasteiger partial charge is 0.434 e. The number of alkyl halides is 1. The summed E-state index contributed by atoms with van der Waals surface area (Å²) in [6.45, 7) is 5.79. The zero-order valence-electron chi connectivity index (χ0n) is 12.0. The summed E-state index contributed by atoms with van der Waals surface area (Å²) in [5.74, 6) is -0.252. The Morgan fingerprint density at radius 2 is 1.67 bits per heavy atom. The Labute approximate surface area is 120 Å². The van der Waals surface area contributed by atoms with Crippen molar-refractivity contribution in [2.45, 2.75) is 76.5 Å². The summed E-state index contributed by atoms with van der Waals surface area (Å²) in [7, 11) is 0. The summed E-state index contributed by atoms with van der Waals surface area (Å²) in [5.41, 5.74) is 0. The van der Waals surface area contributed by atoms with Crippen molar-refractivity contribution in [3.8, 4) is 0 Å². The molecule has 0 aliphatic carbocycles. The molecule has 0 unspecified atom stereocenters. The minimum absolute atomic E-state index is 0.252. The normalized spacial score (nSPS) is 12.0. The van der Waals surface area contributed by atoms with Crippen LogP contribution in [-0.4, -0.2) is 10.3 Å². The second-order valence-electron chi connectivity index (χ2n) is 5.16. The van der Waals surface area contributed by atoms with Crippen molar-refractivity contribution in [1.29, 1.82) is 0 Å². The fraction of sp³-hybridized carbons (Fsp3) is 0.800. The second-order valence-corrected chi connectivity index (χ2v) is 7.14. The van der Waals surface area contributed by atoms with Crippen LogP contribution < -0.4 is 0 Å². The molecule has 0 fully saturated rings. The Kier molecular flexibility index (Phi) is 10.4. The van der Waals surface area contributed by atoms with E-state index in [9.17, 15) is 4.79 Å². The maximum Gasteiger partial charge on any atom is 0.327 e. The number of unbranched alkanes of at least 4 members (excludes halogenated alkanes) is 7. The zero-order valence-corrected chi connectivity index (χ0v) is 13.6. The van der Waals surface area contributed by atoms with Crippen LogP contribution >= 0.6 is 15.9 Å². The fourth-order valence-electron chi connectivity index (χ4n) is 1.54. The molecule has 0 aromatic carbocycles. The number of ether oxygens (including phenoxy) is 1. The maximum atomic E-state index is 11.4. The first-order valence-electron chi connectivity index (χ1n) is 7.03. The highest BCUT2D eigenvalue weighted by molar-refractivity contribution is 9.10. The van der Waals surface area contributed by atoms with E-state index >= 15 is 0 Å². The van der Waals surface area contributed by atoms with Gasteiger partial charge in [-0.15, -0.1) is 0 Å². The van der Waals surface area contributed by atoms with Crippen LogP contribution in [0.2, 0.25) is 0 Å². The molecular weight excluding hydrogens is 292 g/mol. The summed E-state index contributed by atoms with van der Waals surface area (Å²) >= 11 is 3.26. The van der Waals surface area contributed by atoms with Crippen LogP contribution in [0.15, 0.2) is 12.3 Å². The van der Waals surface area contributed by atoms with Gasteiger partial charge in [0.2, 0.25) is 0 Å². The highest BCUT2D eigenvalue weighted by atomic mass is 79.9. The first-order valence-corrected chi connectivity index (χ1v) is 7.82. The number of allylic oxidation sites excluding steroid dienone is 1. The SMILES string of the molecule is CCCCCCCCCC=COC(=O)C(C)(C)Br. The van der Waals surface area contributed by atoms with Crippen molar-refractivity contribution in [2.24, 2.45) is 0 Å². The number of hydrogen-bond donors (Lipinski definition) is 0. The summed E-state index contributed by atoms with van der Waals surface area (Å²) in [6.07, 6.45) is 13.6. The molecule has 0 aliphatic rings. The Morgan fingerprint density at radius 3 is 2.22 bits per heavy atom. The van der Waals surface area contributed by atoms with Gasteiger partial charge in [0, 0.05) is 0 Å². The molecule has 0 saturated heterocycles. The van der Waals surface area contributed by atoms with Gasteiger partial charge >= 0.3 is 5.97 Å². The van der Waals surface area contributed by atoms with Gasteiger partial charge in [-0.25, -0.2) is 0 Å². The van der Waals surface area contributed by atoms with Gasteiger partial charge < -0.3 is 4.74 Å². The van der Waals surface area contributed by atoms with E-state index in [0.717, 1.165) is 6.42 Å². The van der Waals surface area contributed by atoms with E-state index in [4.69, 9.17) is 4.74 Å². The lowest BCUT2D eigenvalue weighted by atomic mass is 10.1. The van der Waals surface area contributed by atoms with Crippen molar-refractivity contribution in [1.82, 2.24) is 0 Å². The summed E-state index contributed by atoms with van der Waals surface area (Å²) in [6, 6.07) is 0. The standard InChI is InChI=1S/C15H27BrO2/c1-4-5-6-7-8-9-10-11-12-13-18-14(17)15(2,3)16/h12-13H,4-11H2,1-3H3. The Morgan fingerprint density at radius 1 is 1.11 bits per heavy atom. The second kappa shape index (κ2) is 10.6. The number of esters is 1. The highest BCUT2D eigenvalue weighted by Gasteiger charge is 2.24. The first kappa shape index (κ1) is 17.7. The quantitative estimate of drug-likeness (QED) is 0.234. The van der Waals surface area contributed by atoms with E-state index in [-0.39, 0.29) is 5.97 Å². The lowest BCUT2D eigenvalue weighted by Gasteiger charge is -2.11. The third-order valence-electron chi connectivity index (χ3n) is 2.73. The predicted octanol–water partition coefficient (Wildman–Crippen LogP) is 5.36. The minimum Gasteiger partial charge on any atom is -0.434 e. The number of halogens is 1. The van der Waals surface area contributed by atoms with Gasteiger partial charge in [0.05, 0.1) is 6.26 Å². The molecule has 3 heteroatoms. The number of hydrogen-bond acceptors (Lipinski definition) is 2. The van der Waals surface area contributed by atoms with Crippen molar-refractivity contribution in [2.75, 3.05) is 0 Å². The number of carbonyl (C=O) groups excluding carboxylic acids is 1. The van der Waals surface area contributed by atoms with Gasteiger partial charge in [0.1, 0.15) is 4.32 Å². The smallest absolute Gasteiger partial charge is 0.327 e. The van der Waals surface area contributed by atoms with E-state index in [1.165, 1.54) is 51.2 Å². The molecule has 0 N–H and O–H groups in total. The number of carbonyl (C=O) groups is 1. The average molecular weight is 319 g/mol. The van der Waals surface area contributed by atoms with Gasteiger partial charge in [0.15, 0.2) is 0 Å². The molecule has 106 valence electrons. The van der Waals surface area contributed by atoms with Gasteiger partial charge in [-0.3, -0.25) is 4.79 Å². The molecule has 0 atom stereocenters. The van der Waals surface area contributed by atoms with E-state index in [1.54, 1.807) is 13.8 Å². The molecule has 0 radical (unpaired) electrons. The van der Waals surface area contributed by atoms with Gasteiger partial charge in [0.25, 0.3) is 0 Å². The third-order valence-corrected chi connectivity index (χ3v) is 3.05. The predicted molar refractivity (Wildman–Crippen MR) is 80.8 cm³/mol. The topological polar surface area (TPSA) is 26.3 Å². The van der Waals surface area contributed by atoms with Crippen molar-refractivity contribution in [3.05, 3.63) is 12.3 Å². The van der Waals surface area contributed by atoms with Crippen LogP contribution in [0.5, 0.6) is 0 Å². The Bertz CT molecular complexity index is 241. The van der Waals surface area contributed by atoms with Crippen LogP contribution in [0.4, 0.5) is 0 Å². The highest BCUT2D eigenvalue weighted by Crippen LogP contribution is 2.17. The summed E-state index contributed by atoms with van der Waals surface area (Å²) in [4.78, 5) is 11.4. The molecule has 0 aromatic heterocycles.